The number of hydrogen-bond acceptors (Lipinski definition) is 2. The third-order valence-corrected chi connectivity index (χ3v) is 2.74. The molecular formula is C11H14N2O2. The number of nitrogens with one attached hydrogen (secondary N) is 2. The van der Waals surface area contributed by atoms with Gasteiger partial charge in [0.15, 0.2) is 5.43 Å². The largest absolute Gasteiger partial charge is 0.364 e. The Morgan fingerprint density at radius 1 is 1.53 bits per heavy atom. The first-order chi connectivity index (χ1) is 7.16. The molecule has 4 heteroatoms. The maximum Gasteiger partial charge on any atom is 0.256 e. The van der Waals surface area contributed by atoms with Gasteiger partial charge in [-0.15, -0.1) is 0 Å². The highest BCUT2D eigenvalue weighted by atomic mass is 16.2. The molecule has 1 amide bonds. The molecule has 1 aliphatic carbocycles. The van der Waals surface area contributed by atoms with Crippen LogP contribution in [0.2, 0.25) is 0 Å². The van der Waals surface area contributed by atoms with Gasteiger partial charge in [-0.05, 0) is 26.2 Å². The summed E-state index contributed by atoms with van der Waals surface area (Å²) in [7, 11) is 0. The zero-order valence-corrected chi connectivity index (χ0v) is 8.67. The van der Waals surface area contributed by atoms with E-state index >= 15 is 0 Å². The first-order valence-electron chi connectivity index (χ1n) is 5.17. The molecule has 0 spiro atoms. The van der Waals surface area contributed by atoms with Crippen molar-refractivity contribution in [3.05, 3.63) is 33.7 Å². The van der Waals surface area contributed by atoms with Crippen LogP contribution in [0.5, 0.6) is 0 Å². The van der Waals surface area contributed by atoms with Gasteiger partial charge in [-0.3, -0.25) is 9.59 Å². The molecular weight excluding hydrogens is 192 g/mol. The van der Waals surface area contributed by atoms with Gasteiger partial charge < -0.3 is 10.3 Å². The third-order valence-electron chi connectivity index (χ3n) is 2.74. The Kier molecular flexibility index (Phi) is 2.58. The zero-order valence-electron chi connectivity index (χ0n) is 8.67. The van der Waals surface area contributed by atoms with Crippen LogP contribution in [-0.4, -0.2) is 16.9 Å². The van der Waals surface area contributed by atoms with Crippen LogP contribution in [0.4, 0.5) is 0 Å². The summed E-state index contributed by atoms with van der Waals surface area (Å²) in [6.07, 6.45) is 4.69. The van der Waals surface area contributed by atoms with Gasteiger partial charge in [0.1, 0.15) is 5.56 Å². The lowest BCUT2D eigenvalue weighted by Gasteiger charge is -2.26. The fourth-order valence-corrected chi connectivity index (χ4v) is 1.57. The number of amides is 1. The number of aromatic nitrogens is 1. The maximum absolute atomic E-state index is 11.6. The molecule has 0 unspecified atom stereocenters. The summed E-state index contributed by atoms with van der Waals surface area (Å²) in [5.41, 5.74) is 0.746. The van der Waals surface area contributed by atoms with Gasteiger partial charge in [-0.25, -0.2) is 0 Å². The minimum absolute atomic E-state index is 0.201. The summed E-state index contributed by atoms with van der Waals surface area (Å²) in [4.78, 5) is 26.0. The molecule has 0 saturated heterocycles. The maximum atomic E-state index is 11.6. The Morgan fingerprint density at radius 3 is 2.80 bits per heavy atom. The second-order valence-electron chi connectivity index (χ2n) is 4.00. The van der Waals surface area contributed by atoms with Crippen molar-refractivity contribution in [3.8, 4) is 0 Å². The molecule has 0 radical (unpaired) electrons. The Labute approximate surface area is 87.7 Å². The highest BCUT2D eigenvalue weighted by Gasteiger charge is 2.21. The number of rotatable bonds is 2. The van der Waals surface area contributed by atoms with E-state index < -0.39 is 0 Å². The van der Waals surface area contributed by atoms with E-state index in [1.807, 2.05) is 0 Å². The minimum atomic E-state index is -0.263. The molecule has 80 valence electrons. The molecule has 1 aromatic rings. The minimum Gasteiger partial charge on any atom is -0.364 e. The first-order valence-corrected chi connectivity index (χ1v) is 5.17. The van der Waals surface area contributed by atoms with E-state index in [2.05, 4.69) is 10.3 Å². The van der Waals surface area contributed by atoms with Crippen molar-refractivity contribution in [3.63, 3.8) is 0 Å². The van der Waals surface area contributed by atoms with Gasteiger partial charge in [0.25, 0.3) is 5.91 Å². The summed E-state index contributed by atoms with van der Waals surface area (Å²) in [6, 6.07) is 1.70. The molecule has 1 aliphatic rings. The Morgan fingerprint density at radius 2 is 2.27 bits per heavy atom. The van der Waals surface area contributed by atoms with Crippen molar-refractivity contribution in [2.24, 2.45) is 0 Å². The highest BCUT2D eigenvalue weighted by Crippen LogP contribution is 2.18. The van der Waals surface area contributed by atoms with E-state index in [9.17, 15) is 9.59 Å². The molecule has 0 atom stereocenters. The van der Waals surface area contributed by atoms with Crippen LogP contribution in [0.3, 0.4) is 0 Å². The number of aromatic amines is 1. The SMILES string of the molecule is Cc1cc(=O)c(C(=O)NC2CCC2)c[nH]1. The molecule has 1 heterocycles. The average molecular weight is 206 g/mol. The van der Waals surface area contributed by atoms with Gasteiger partial charge in [0.05, 0.1) is 0 Å². The number of aryl methyl sites for hydroxylation is 1. The molecule has 2 N–H and O–H groups in total. The average Bonchev–Trinajstić information content (AvgIpc) is 2.11. The van der Waals surface area contributed by atoms with Crippen molar-refractivity contribution in [2.75, 3.05) is 0 Å². The lowest BCUT2D eigenvalue weighted by Crippen LogP contribution is -2.41. The van der Waals surface area contributed by atoms with E-state index in [-0.39, 0.29) is 22.9 Å². The molecule has 1 aromatic heterocycles. The second kappa shape index (κ2) is 3.88. The summed E-state index contributed by atoms with van der Waals surface area (Å²) in [6.45, 7) is 1.79. The summed E-state index contributed by atoms with van der Waals surface area (Å²) in [5, 5.41) is 2.83. The van der Waals surface area contributed by atoms with E-state index in [0.717, 1.165) is 25.0 Å². The van der Waals surface area contributed by atoms with E-state index in [1.165, 1.54) is 12.3 Å². The Balaban J connectivity index is 2.14. The predicted octanol–water partition coefficient (Wildman–Crippen LogP) is 0.966. The predicted molar refractivity (Wildman–Crippen MR) is 56.9 cm³/mol. The van der Waals surface area contributed by atoms with Crippen LogP contribution in [-0.2, 0) is 0 Å². The van der Waals surface area contributed by atoms with Gasteiger partial charge in [0.2, 0.25) is 0 Å². The number of H-pyrrole nitrogens is 1. The fraction of sp³-hybridized carbons (Fsp3) is 0.455. The Bertz CT molecular complexity index is 432. The molecule has 2 rings (SSSR count). The van der Waals surface area contributed by atoms with Crippen LogP contribution in [0.1, 0.15) is 35.3 Å². The van der Waals surface area contributed by atoms with Crippen molar-refractivity contribution >= 4 is 5.91 Å². The normalized spacial score (nSPS) is 15.8. The number of carbonyl (C=O) groups excluding carboxylic acids is 1. The highest BCUT2D eigenvalue weighted by molar-refractivity contribution is 5.94. The summed E-state index contributed by atoms with van der Waals surface area (Å²) < 4.78 is 0. The molecule has 0 aliphatic heterocycles. The van der Waals surface area contributed by atoms with Crippen LogP contribution < -0.4 is 10.7 Å². The monoisotopic (exact) mass is 206 g/mol. The number of hydrogen-bond donors (Lipinski definition) is 2. The van der Waals surface area contributed by atoms with E-state index in [0.29, 0.717) is 0 Å². The van der Waals surface area contributed by atoms with Crippen LogP contribution >= 0.6 is 0 Å². The molecule has 1 saturated carbocycles. The molecule has 1 fully saturated rings. The van der Waals surface area contributed by atoms with Crippen LogP contribution in [0, 0.1) is 6.92 Å². The quantitative estimate of drug-likeness (QED) is 0.757. The van der Waals surface area contributed by atoms with Gasteiger partial charge >= 0.3 is 0 Å². The summed E-state index contributed by atoms with van der Waals surface area (Å²) in [5.74, 6) is -0.263. The van der Waals surface area contributed by atoms with Crippen molar-refractivity contribution < 1.29 is 4.79 Å². The molecule has 4 nitrogen and oxygen atoms in total. The van der Waals surface area contributed by atoms with Crippen LogP contribution in [0.25, 0.3) is 0 Å². The van der Waals surface area contributed by atoms with Gasteiger partial charge in [-0.1, -0.05) is 0 Å². The fourth-order valence-electron chi connectivity index (χ4n) is 1.57. The molecule has 0 aromatic carbocycles. The first kappa shape index (κ1) is 9.96. The third kappa shape index (κ3) is 2.09. The van der Waals surface area contributed by atoms with Crippen molar-refractivity contribution in [1.82, 2.24) is 10.3 Å². The molecule has 15 heavy (non-hydrogen) atoms. The number of carbonyl (C=O) groups is 1. The van der Waals surface area contributed by atoms with Crippen molar-refractivity contribution in [1.29, 1.82) is 0 Å². The van der Waals surface area contributed by atoms with Crippen LogP contribution in [0.15, 0.2) is 17.1 Å². The Hall–Kier alpha value is -1.58. The van der Waals surface area contributed by atoms with E-state index in [1.54, 1.807) is 6.92 Å². The van der Waals surface area contributed by atoms with Gasteiger partial charge in [0, 0.05) is 24.0 Å². The van der Waals surface area contributed by atoms with Crippen molar-refractivity contribution in [2.45, 2.75) is 32.2 Å². The van der Waals surface area contributed by atoms with Gasteiger partial charge in [-0.2, -0.15) is 0 Å². The standard InChI is InChI=1S/C11H14N2O2/c1-7-5-10(14)9(6-12-7)11(15)13-8-3-2-4-8/h5-6,8H,2-4H2,1H3,(H,12,14)(H,13,15). The lowest BCUT2D eigenvalue weighted by molar-refractivity contribution is 0.0915. The second-order valence-corrected chi connectivity index (χ2v) is 4.00. The van der Waals surface area contributed by atoms with E-state index in [4.69, 9.17) is 0 Å². The zero-order chi connectivity index (χ0) is 10.8. The smallest absolute Gasteiger partial charge is 0.256 e. The molecule has 0 bridgehead atoms. The number of pyridine rings is 1. The topological polar surface area (TPSA) is 62.0 Å². The lowest BCUT2D eigenvalue weighted by atomic mass is 9.93. The summed E-state index contributed by atoms with van der Waals surface area (Å²) >= 11 is 0.